The van der Waals surface area contributed by atoms with Crippen LogP contribution in [0.25, 0.3) is 0 Å². The highest BCUT2D eigenvalue weighted by Gasteiger charge is 2.56. The summed E-state index contributed by atoms with van der Waals surface area (Å²) >= 11 is 3.12. The zero-order valence-corrected chi connectivity index (χ0v) is 16.2. The molecule has 2 aliphatic rings. The molecule has 1 fully saturated rings. The Kier molecular flexibility index (Phi) is 5.44. The summed E-state index contributed by atoms with van der Waals surface area (Å²) < 4.78 is 39.3. The third-order valence-electron chi connectivity index (χ3n) is 3.93. The Bertz CT molecular complexity index is 826. The largest absolute Gasteiger partial charge is 0.543 e. The molecule has 2 aliphatic heterocycles. The first-order chi connectivity index (χ1) is 12.5. The van der Waals surface area contributed by atoms with Gasteiger partial charge in [0.15, 0.2) is 5.16 Å². The van der Waals surface area contributed by atoms with Gasteiger partial charge in [0, 0.05) is 7.05 Å². The lowest BCUT2D eigenvalue weighted by atomic mass is 9.92. The highest BCUT2D eigenvalue weighted by atomic mass is 32.2. The van der Waals surface area contributed by atoms with Gasteiger partial charge in [0.1, 0.15) is 5.37 Å². The molecule has 0 aliphatic carbocycles. The van der Waals surface area contributed by atoms with E-state index in [0.717, 1.165) is 44.8 Å². The number of aliphatic hydroxyl groups is 1. The molecule has 3 rings (SSSR count). The predicted octanol–water partition coefficient (Wildman–Crippen LogP) is 0.448. The second-order valence-corrected chi connectivity index (χ2v) is 9.35. The maximum Gasteiger partial charge on any atom is 0.451 e. The summed E-state index contributed by atoms with van der Waals surface area (Å²) in [4.78, 5) is 24.6. The summed E-state index contributed by atoms with van der Waals surface area (Å²) in [5.41, 5.74) is -0.272. The van der Waals surface area contributed by atoms with E-state index >= 15 is 0 Å². The van der Waals surface area contributed by atoms with Gasteiger partial charge in [-0.15, -0.1) is 22.0 Å². The lowest BCUT2D eigenvalue weighted by Gasteiger charge is -2.44. The van der Waals surface area contributed by atoms with Gasteiger partial charge in [-0.05, 0) is 6.92 Å². The highest BCUT2D eigenvalue weighted by Crippen LogP contribution is 2.54. The van der Waals surface area contributed by atoms with E-state index in [1.165, 1.54) is 14.0 Å². The molecule has 148 valence electrons. The number of alkyl halides is 3. The standard InChI is InChI=1S/C13H13F3N4O4S3/c1-4(21)5-7(22)20-6(9(23)24)10(27-8(5)20)25-3-26-12-18-17-11(19(12)2)13(14,15)16/h4-5,8,21H,3H2,1-2H3,(H,23,24)/p-1/t4-,5+,8-/m1/s1. The Morgan fingerprint density at radius 3 is 2.59 bits per heavy atom. The van der Waals surface area contributed by atoms with Crippen LogP contribution in [0.3, 0.4) is 0 Å². The molecular weight excluding hydrogens is 429 g/mol. The fraction of sp³-hybridized carbons (Fsp3) is 0.538. The molecule has 3 atom stereocenters. The lowest BCUT2D eigenvalue weighted by molar-refractivity contribution is -0.301. The Morgan fingerprint density at radius 1 is 1.41 bits per heavy atom. The van der Waals surface area contributed by atoms with Crippen molar-refractivity contribution in [3.05, 3.63) is 15.8 Å². The fourth-order valence-corrected chi connectivity index (χ4v) is 6.77. The van der Waals surface area contributed by atoms with Gasteiger partial charge >= 0.3 is 6.18 Å². The summed E-state index contributed by atoms with van der Waals surface area (Å²) in [5.74, 6) is -3.85. The van der Waals surface area contributed by atoms with Gasteiger partial charge in [-0.3, -0.25) is 9.69 Å². The van der Waals surface area contributed by atoms with Crippen LogP contribution in [0.4, 0.5) is 13.2 Å². The predicted molar refractivity (Wildman–Crippen MR) is 89.7 cm³/mol. The Labute approximate surface area is 163 Å². The number of carboxylic acids is 1. The van der Waals surface area contributed by atoms with E-state index in [1.54, 1.807) is 0 Å². The molecule has 27 heavy (non-hydrogen) atoms. The number of fused-ring (bicyclic) bond motifs is 1. The number of carboxylic acid groups (broad SMARTS) is 1. The first kappa shape index (κ1) is 20.4. The monoisotopic (exact) mass is 441 g/mol. The molecule has 0 saturated carbocycles. The SMILES string of the molecule is C[C@@H](O)[C@H]1C(=O)N2C(C(=O)[O-])=C(SCSc3nnc(C(F)(F)F)n3C)S[C@H]12. The molecule has 1 saturated heterocycles. The van der Waals surface area contributed by atoms with Crippen molar-refractivity contribution in [2.45, 2.75) is 29.7 Å². The number of carbonyl (C=O) groups is 2. The third kappa shape index (κ3) is 3.54. The number of aromatic nitrogens is 3. The van der Waals surface area contributed by atoms with E-state index in [-0.39, 0.29) is 15.9 Å². The number of hydrogen-bond donors (Lipinski definition) is 1. The number of carbonyl (C=O) groups excluding carboxylic acids is 2. The van der Waals surface area contributed by atoms with Crippen LogP contribution >= 0.6 is 35.3 Å². The van der Waals surface area contributed by atoms with Crippen LogP contribution in [0, 0.1) is 5.92 Å². The lowest BCUT2D eigenvalue weighted by Crippen LogP contribution is -2.61. The number of nitrogens with zero attached hydrogens (tertiary/aromatic N) is 4. The van der Waals surface area contributed by atoms with Crippen molar-refractivity contribution >= 4 is 47.2 Å². The second kappa shape index (κ2) is 7.22. The maximum absolute atomic E-state index is 12.7. The number of aliphatic hydroxyl groups excluding tert-OH is 1. The number of hydrogen-bond acceptors (Lipinski definition) is 9. The topological polar surface area (TPSA) is 111 Å². The Hall–Kier alpha value is -1.38. The molecular formula is C13H12F3N4O4S3-. The van der Waals surface area contributed by atoms with E-state index in [4.69, 9.17) is 0 Å². The number of rotatable bonds is 6. The molecule has 0 spiro atoms. The molecule has 0 bridgehead atoms. The average molecular weight is 441 g/mol. The molecule has 8 nitrogen and oxygen atoms in total. The first-order valence-corrected chi connectivity index (χ1v) is 10.2. The molecule has 14 heteroatoms. The first-order valence-electron chi connectivity index (χ1n) is 7.39. The third-order valence-corrected chi connectivity index (χ3v) is 7.73. The number of β-lactam (4-membered cyclic amide) rings is 1. The molecule has 1 aromatic heterocycles. The van der Waals surface area contributed by atoms with Crippen molar-refractivity contribution in [2.24, 2.45) is 13.0 Å². The van der Waals surface area contributed by atoms with Crippen LogP contribution < -0.4 is 5.11 Å². The van der Waals surface area contributed by atoms with Crippen LogP contribution in [0.15, 0.2) is 15.1 Å². The van der Waals surface area contributed by atoms with Gasteiger partial charge < -0.3 is 19.6 Å². The Morgan fingerprint density at radius 2 is 2.07 bits per heavy atom. The van der Waals surface area contributed by atoms with Crippen LogP contribution in [-0.4, -0.2) is 53.2 Å². The fourth-order valence-electron chi connectivity index (χ4n) is 2.67. The van der Waals surface area contributed by atoms with Crippen molar-refractivity contribution < 1.29 is 33.0 Å². The molecule has 1 amide bonds. The van der Waals surface area contributed by atoms with Gasteiger partial charge in [0.05, 0.1) is 33.0 Å². The van der Waals surface area contributed by atoms with Crippen molar-refractivity contribution in [1.29, 1.82) is 0 Å². The van der Waals surface area contributed by atoms with Gasteiger partial charge in [-0.25, -0.2) is 0 Å². The van der Waals surface area contributed by atoms with Gasteiger partial charge in [-0.1, -0.05) is 23.5 Å². The number of amides is 1. The minimum absolute atomic E-state index is 0.0228. The smallest absolute Gasteiger partial charge is 0.451 e. The summed E-state index contributed by atoms with van der Waals surface area (Å²) in [6.07, 6.45) is -5.55. The van der Waals surface area contributed by atoms with Crippen molar-refractivity contribution in [3.8, 4) is 0 Å². The van der Waals surface area contributed by atoms with Crippen molar-refractivity contribution in [3.63, 3.8) is 0 Å². The quantitative estimate of drug-likeness (QED) is 0.382. The van der Waals surface area contributed by atoms with E-state index in [0.29, 0.717) is 4.24 Å². The average Bonchev–Trinajstić information content (AvgIpc) is 3.05. The van der Waals surface area contributed by atoms with Crippen LogP contribution in [0.5, 0.6) is 0 Å². The molecule has 3 heterocycles. The van der Waals surface area contributed by atoms with Crippen molar-refractivity contribution in [2.75, 3.05) is 5.08 Å². The molecule has 1 aromatic rings. The summed E-state index contributed by atoms with van der Waals surface area (Å²) in [6.45, 7) is 1.45. The van der Waals surface area contributed by atoms with E-state index in [2.05, 4.69) is 10.2 Å². The normalized spacial score (nSPS) is 23.5. The summed E-state index contributed by atoms with van der Waals surface area (Å²) in [6, 6.07) is 0. The minimum atomic E-state index is -4.62. The van der Waals surface area contributed by atoms with E-state index in [1.807, 2.05) is 0 Å². The van der Waals surface area contributed by atoms with E-state index in [9.17, 15) is 33.0 Å². The summed E-state index contributed by atoms with van der Waals surface area (Å²) in [5, 5.41) is 27.3. The number of halogens is 3. The number of thioether (sulfide) groups is 3. The van der Waals surface area contributed by atoms with Crippen LogP contribution in [-0.2, 0) is 22.8 Å². The molecule has 1 N–H and O–H groups in total. The van der Waals surface area contributed by atoms with Crippen molar-refractivity contribution in [1.82, 2.24) is 19.7 Å². The Balaban J connectivity index is 1.69. The van der Waals surface area contributed by atoms with Crippen LogP contribution in [0.2, 0.25) is 0 Å². The van der Waals surface area contributed by atoms with Gasteiger partial charge in [0.2, 0.25) is 11.7 Å². The number of aliphatic carboxylic acids is 1. The summed E-state index contributed by atoms with van der Waals surface area (Å²) in [7, 11) is 1.18. The zero-order chi connectivity index (χ0) is 20.1. The van der Waals surface area contributed by atoms with Gasteiger partial charge in [0.25, 0.3) is 0 Å². The van der Waals surface area contributed by atoms with Crippen LogP contribution in [0.1, 0.15) is 12.7 Å². The second-order valence-electron chi connectivity index (χ2n) is 5.68. The molecule has 0 aromatic carbocycles. The highest BCUT2D eigenvalue weighted by molar-refractivity contribution is 8.27. The van der Waals surface area contributed by atoms with E-state index < -0.39 is 41.3 Å². The molecule has 0 radical (unpaired) electrons. The zero-order valence-electron chi connectivity index (χ0n) is 13.8. The van der Waals surface area contributed by atoms with Gasteiger partial charge in [-0.2, -0.15) is 13.2 Å². The maximum atomic E-state index is 12.7. The minimum Gasteiger partial charge on any atom is -0.543 e. The molecule has 0 unspecified atom stereocenters.